The normalized spacial score (nSPS) is 10.7. The summed E-state index contributed by atoms with van der Waals surface area (Å²) in [6, 6.07) is 2.06. The predicted octanol–water partition coefficient (Wildman–Crippen LogP) is 0.611. The molecule has 0 aliphatic heterocycles. The highest BCUT2D eigenvalue weighted by molar-refractivity contribution is 5.76. The Bertz CT molecular complexity index is 240. The standard InChI is InChI=1S/C9H15N3O/c1-3-8(5-10)6-12(4-2)7-9(11)13/h6H,3-4,7H2,1-2H3,(H2,11,13)/b8-6+. The van der Waals surface area contributed by atoms with Crippen LogP contribution in [0.4, 0.5) is 0 Å². The van der Waals surface area contributed by atoms with Gasteiger partial charge in [0.05, 0.1) is 12.6 Å². The minimum atomic E-state index is -0.383. The number of likely N-dealkylation sites (N-methyl/N-ethyl adjacent to an activating group) is 1. The summed E-state index contributed by atoms with van der Waals surface area (Å²) >= 11 is 0. The van der Waals surface area contributed by atoms with E-state index in [0.29, 0.717) is 18.5 Å². The van der Waals surface area contributed by atoms with Crippen molar-refractivity contribution in [2.45, 2.75) is 20.3 Å². The SMILES string of the molecule is CC/C(C#N)=C\N(CC)CC(N)=O. The molecule has 0 radical (unpaired) electrons. The quantitative estimate of drug-likeness (QED) is 0.632. The molecule has 1 amide bonds. The topological polar surface area (TPSA) is 70.1 Å². The number of amides is 1. The van der Waals surface area contributed by atoms with Crippen molar-refractivity contribution < 1.29 is 4.79 Å². The van der Waals surface area contributed by atoms with Crippen LogP contribution >= 0.6 is 0 Å². The van der Waals surface area contributed by atoms with Crippen LogP contribution in [-0.4, -0.2) is 23.9 Å². The highest BCUT2D eigenvalue weighted by Crippen LogP contribution is 2.00. The Morgan fingerprint density at radius 3 is 2.54 bits per heavy atom. The van der Waals surface area contributed by atoms with Crippen LogP contribution in [0.25, 0.3) is 0 Å². The average molecular weight is 181 g/mol. The minimum absolute atomic E-state index is 0.168. The fourth-order valence-corrected chi connectivity index (χ4v) is 0.868. The second kappa shape index (κ2) is 6.06. The van der Waals surface area contributed by atoms with Gasteiger partial charge in [0.1, 0.15) is 0 Å². The van der Waals surface area contributed by atoms with Crippen molar-refractivity contribution in [2.24, 2.45) is 5.73 Å². The number of primary amides is 1. The Morgan fingerprint density at radius 2 is 2.23 bits per heavy atom. The number of allylic oxidation sites excluding steroid dienone is 1. The largest absolute Gasteiger partial charge is 0.368 e. The lowest BCUT2D eigenvalue weighted by molar-refractivity contribution is -0.118. The van der Waals surface area contributed by atoms with Crippen LogP contribution in [-0.2, 0) is 4.79 Å². The predicted molar refractivity (Wildman–Crippen MR) is 50.4 cm³/mol. The van der Waals surface area contributed by atoms with Crippen molar-refractivity contribution in [3.8, 4) is 6.07 Å². The van der Waals surface area contributed by atoms with E-state index >= 15 is 0 Å². The van der Waals surface area contributed by atoms with E-state index in [4.69, 9.17) is 11.0 Å². The highest BCUT2D eigenvalue weighted by atomic mass is 16.1. The number of nitrogens with two attached hydrogens (primary N) is 1. The smallest absolute Gasteiger partial charge is 0.236 e. The number of carbonyl (C=O) groups is 1. The van der Waals surface area contributed by atoms with E-state index in [-0.39, 0.29) is 12.5 Å². The summed E-state index contributed by atoms with van der Waals surface area (Å²) in [5, 5.41) is 8.64. The molecular formula is C9H15N3O. The summed E-state index contributed by atoms with van der Waals surface area (Å²) in [4.78, 5) is 12.3. The van der Waals surface area contributed by atoms with Gasteiger partial charge in [-0.1, -0.05) is 6.92 Å². The van der Waals surface area contributed by atoms with Gasteiger partial charge in [0, 0.05) is 18.3 Å². The molecule has 72 valence electrons. The summed E-state index contributed by atoms with van der Waals surface area (Å²) in [6.45, 7) is 4.65. The zero-order valence-electron chi connectivity index (χ0n) is 8.08. The van der Waals surface area contributed by atoms with Crippen LogP contribution in [0.3, 0.4) is 0 Å². The molecule has 0 aliphatic rings. The number of nitriles is 1. The van der Waals surface area contributed by atoms with E-state index in [0.717, 1.165) is 0 Å². The lowest BCUT2D eigenvalue weighted by Gasteiger charge is -2.16. The summed E-state index contributed by atoms with van der Waals surface area (Å²) in [5.74, 6) is -0.383. The summed E-state index contributed by atoms with van der Waals surface area (Å²) < 4.78 is 0. The number of hydrogen-bond donors (Lipinski definition) is 1. The van der Waals surface area contributed by atoms with Gasteiger partial charge >= 0.3 is 0 Å². The first-order valence-electron chi connectivity index (χ1n) is 4.27. The van der Waals surface area contributed by atoms with Crippen molar-refractivity contribution >= 4 is 5.91 Å². The van der Waals surface area contributed by atoms with Crippen molar-refractivity contribution in [1.82, 2.24) is 4.90 Å². The fraction of sp³-hybridized carbons (Fsp3) is 0.556. The molecule has 0 fully saturated rings. The van der Waals surface area contributed by atoms with Crippen LogP contribution < -0.4 is 5.73 Å². The van der Waals surface area contributed by atoms with Gasteiger partial charge in [-0.05, 0) is 13.3 Å². The number of carbonyl (C=O) groups excluding carboxylic acids is 1. The monoisotopic (exact) mass is 181 g/mol. The van der Waals surface area contributed by atoms with Crippen molar-refractivity contribution in [1.29, 1.82) is 5.26 Å². The van der Waals surface area contributed by atoms with Crippen LogP contribution in [0.5, 0.6) is 0 Å². The second-order valence-corrected chi connectivity index (χ2v) is 2.65. The second-order valence-electron chi connectivity index (χ2n) is 2.65. The molecule has 4 heteroatoms. The van der Waals surface area contributed by atoms with Gasteiger partial charge < -0.3 is 10.6 Å². The lowest BCUT2D eigenvalue weighted by atomic mass is 10.2. The Kier molecular flexibility index (Phi) is 5.37. The van der Waals surface area contributed by atoms with Gasteiger partial charge in [0.15, 0.2) is 0 Å². The van der Waals surface area contributed by atoms with E-state index in [2.05, 4.69) is 6.07 Å². The van der Waals surface area contributed by atoms with E-state index in [9.17, 15) is 4.79 Å². The first kappa shape index (κ1) is 11.5. The average Bonchev–Trinajstić information content (AvgIpc) is 2.11. The maximum atomic E-state index is 10.6. The highest BCUT2D eigenvalue weighted by Gasteiger charge is 2.02. The number of nitrogens with zero attached hydrogens (tertiary/aromatic N) is 2. The molecule has 0 atom stereocenters. The molecule has 4 nitrogen and oxygen atoms in total. The van der Waals surface area contributed by atoms with Gasteiger partial charge in [-0.15, -0.1) is 0 Å². The Hall–Kier alpha value is -1.50. The fourth-order valence-electron chi connectivity index (χ4n) is 0.868. The number of hydrogen-bond acceptors (Lipinski definition) is 3. The molecule has 0 heterocycles. The van der Waals surface area contributed by atoms with E-state index in [1.165, 1.54) is 0 Å². The van der Waals surface area contributed by atoms with E-state index < -0.39 is 0 Å². The van der Waals surface area contributed by atoms with Crippen LogP contribution in [0.1, 0.15) is 20.3 Å². The maximum absolute atomic E-state index is 10.6. The molecule has 0 spiro atoms. The molecule has 2 N–H and O–H groups in total. The van der Waals surface area contributed by atoms with Gasteiger partial charge in [-0.25, -0.2) is 0 Å². The van der Waals surface area contributed by atoms with E-state index in [1.807, 2.05) is 13.8 Å². The van der Waals surface area contributed by atoms with Gasteiger partial charge in [0.2, 0.25) is 5.91 Å². The molecular weight excluding hydrogens is 166 g/mol. The molecule has 0 aromatic heterocycles. The third-order valence-corrected chi connectivity index (χ3v) is 1.63. The maximum Gasteiger partial charge on any atom is 0.236 e. The van der Waals surface area contributed by atoms with Crippen LogP contribution in [0.15, 0.2) is 11.8 Å². The summed E-state index contributed by atoms with van der Waals surface area (Å²) in [6.07, 6.45) is 2.36. The molecule has 0 aromatic carbocycles. The van der Waals surface area contributed by atoms with Gasteiger partial charge in [-0.3, -0.25) is 4.79 Å². The van der Waals surface area contributed by atoms with Gasteiger partial charge in [0.25, 0.3) is 0 Å². The van der Waals surface area contributed by atoms with Crippen molar-refractivity contribution in [3.63, 3.8) is 0 Å². The Balaban J connectivity index is 4.34. The third kappa shape index (κ3) is 4.86. The zero-order chi connectivity index (χ0) is 10.3. The molecule has 13 heavy (non-hydrogen) atoms. The Morgan fingerprint density at radius 1 is 1.62 bits per heavy atom. The molecule has 0 saturated heterocycles. The molecule has 0 aromatic rings. The molecule has 0 rings (SSSR count). The molecule has 0 bridgehead atoms. The van der Waals surface area contributed by atoms with E-state index in [1.54, 1.807) is 11.1 Å². The first-order valence-corrected chi connectivity index (χ1v) is 4.27. The van der Waals surface area contributed by atoms with Gasteiger partial charge in [-0.2, -0.15) is 5.26 Å². The van der Waals surface area contributed by atoms with Crippen LogP contribution in [0.2, 0.25) is 0 Å². The molecule has 0 unspecified atom stereocenters. The minimum Gasteiger partial charge on any atom is -0.368 e. The molecule has 0 aliphatic carbocycles. The van der Waals surface area contributed by atoms with Crippen molar-refractivity contribution in [3.05, 3.63) is 11.8 Å². The zero-order valence-corrected chi connectivity index (χ0v) is 8.08. The molecule has 0 saturated carbocycles. The summed E-state index contributed by atoms with van der Waals surface area (Å²) in [7, 11) is 0. The number of rotatable bonds is 5. The lowest BCUT2D eigenvalue weighted by Crippen LogP contribution is -2.30. The summed E-state index contributed by atoms with van der Waals surface area (Å²) in [5.41, 5.74) is 5.69. The van der Waals surface area contributed by atoms with Crippen molar-refractivity contribution in [2.75, 3.05) is 13.1 Å². The Labute approximate surface area is 78.6 Å². The third-order valence-electron chi connectivity index (χ3n) is 1.63. The van der Waals surface area contributed by atoms with Crippen LogP contribution in [0, 0.1) is 11.3 Å². The first-order chi connectivity index (χ1) is 6.13.